The van der Waals surface area contributed by atoms with Crippen LogP contribution in [-0.4, -0.2) is 29.3 Å². The fourth-order valence-corrected chi connectivity index (χ4v) is 2.52. The molecule has 0 spiro atoms. The minimum atomic E-state index is -0.846. The van der Waals surface area contributed by atoms with Gasteiger partial charge in [-0.1, -0.05) is 13.8 Å². The Hall–Kier alpha value is -1.26. The number of carboxylic acids is 1. The average molecular weight is 299 g/mol. The van der Waals surface area contributed by atoms with E-state index in [1.54, 1.807) is 20.8 Å². The second-order valence-corrected chi connectivity index (χ2v) is 7.52. The number of hydrogen-bond acceptors (Lipinski definition) is 3. The van der Waals surface area contributed by atoms with E-state index in [0.717, 1.165) is 19.3 Å². The van der Waals surface area contributed by atoms with Crippen LogP contribution >= 0.6 is 0 Å². The molecular formula is C16H29NO4. The topological polar surface area (TPSA) is 75.6 Å². The molecule has 0 saturated heterocycles. The Kier molecular flexibility index (Phi) is 5.65. The summed E-state index contributed by atoms with van der Waals surface area (Å²) in [6.07, 6.45) is 2.76. The number of carbonyl (C=O) groups is 2. The summed E-state index contributed by atoms with van der Waals surface area (Å²) in [5.74, 6) is -0.186. The van der Waals surface area contributed by atoms with Crippen molar-refractivity contribution in [3.63, 3.8) is 0 Å². The van der Waals surface area contributed by atoms with Crippen LogP contribution in [0.15, 0.2) is 0 Å². The van der Waals surface area contributed by atoms with Gasteiger partial charge in [-0.15, -0.1) is 0 Å². The van der Waals surface area contributed by atoms with Crippen molar-refractivity contribution in [3.8, 4) is 0 Å². The molecule has 5 nitrogen and oxygen atoms in total. The minimum Gasteiger partial charge on any atom is -0.481 e. The molecule has 1 fully saturated rings. The summed E-state index contributed by atoms with van der Waals surface area (Å²) in [7, 11) is 0. The van der Waals surface area contributed by atoms with Crippen LogP contribution < -0.4 is 5.32 Å². The number of rotatable bonds is 7. The summed E-state index contributed by atoms with van der Waals surface area (Å²) in [6, 6.07) is 0. The highest BCUT2D eigenvalue weighted by atomic mass is 16.6. The smallest absolute Gasteiger partial charge is 0.407 e. The Morgan fingerprint density at radius 1 is 1.29 bits per heavy atom. The number of carboxylic acid groups (broad SMARTS) is 1. The predicted octanol–water partition coefficient (Wildman–Crippen LogP) is 3.43. The number of nitrogens with one attached hydrogen (secondary N) is 1. The Labute approximate surface area is 127 Å². The summed E-state index contributed by atoms with van der Waals surface area (Å²) in [5, 5.41) is 12.4. The highest BCUT2D eigenvalue weighted by Gasteiger charge is 2.51. The van der Waals surface area contributed by atoms with Gasteiger partial charge in [0.15, 0.2) is 0 Å². The lowest BCUT2D eigenvalue weighted by atomic mass is 9.77. The summed E-state index contributed by atoms with van der Waals surface area (Å²) < 4.78 is 5.20. The molecule has 1 rings (SSSR count). The quantitative estimate of drug-likeness (QED) is 0.755. The lowest BCUT2D eigenvalue weighted by Crippen LogP contribution is -2.46. The maximum absolute atomic E-state index is 11.8. The molecule has 1 unspecified atom stereocenters. The standard InChI is InChI=1S/C16H29NO4/c1-11(2)8-9-16(13(18)19,12-6-7-12)10-17-14(20)21-15(3,4)5/h11-12H,6-10H2,1-5H3,(H,17,20)(H,18,19). The molecule has 1 saturated carbocycles. The molecule has 0 aliphatic heterocycles. The molecule has 1 aliphatic carbocycles. The van der Waals surface area contributed by atoms with Crippen molar-refractivity contribution in [3.05, 3.63) is 0 Å². The Morgan fingerprint density at radius 2 is 1.86 bits per heavy atom. The molecule has 122 valence electrons. The number of hydrogen-bond donors (Lipinski definition) is 2. The van der Waals surface area contributed by atoms with Crippen LogP contribution in [0.25, 0.3) is 0 Å². The van der Waals surface area contributed by atoms with Crippen LogP contribution in [0.5, 0.6) is 0 Å². The Bertz CT molecular complexity index is 382. The first kappa shape index (κ1) is 17.8. The molecular weight excluding hydrogens is 270 g/mol. The van der Waals surface area contributed by atoms with Crippen LogP contribution in [0.3, 0.4) is 0 Å². The van der Waals surface area contributed by atoms with E-state index in [2.05, 4.69) is 19.2 Å². The van der Waals surface area contributed by atoms with E-state index in [1.165, 1.54) is 0 Å². The zero-order chi connectivity index (χ0) is 16.3. The van der Waals surface area contributed by atoms with E-state index >= 15 is 0 Å². The largest absolute Gasteiger partial charge is 0.481 e. The zero-order valence-corrected chi connectivity index (χ0v) is 13.9. The molecule has 1 amide bonds. The zero-order valence-electron chi connectivity index (χ0n) is 13.9. The Morgan fingerprint density at radius 3 is 2.24 bits per heavy atom. The first-order valence-electron chi connectivity index (χ1n) is 7.77. The Balaban J connectivity index is 2.69. The summed E-state index contributed by atoms with van der Waals surface area (Å²) in [4.78, 5) is 23.6. The fourth-order valence-electron chi connectivity index (χ4n) is 2.52. The SMILES string of the molecule is CC(C)CCC(CNC(=O)OC(C)(C)C)(C(=O)O)C1CC1. The van der Waals surface area contributed by atoms with Gasteiger partial charge in [0.25, 0.3) is 0 Å². The first-order valence-corrected chi connectivity index (χ1v) is 7.77. The molecule has 0 aromatic rings. The summed E-state index contributed by atoms with van der Waals surface area (Å²) >= 11 is 0. The lowest BCUT2D eigenvalue weighted by Gasteiger charge is -2.31. The van der Waals surface area contributed by atoms with Gasteiger partial charge >= 0.3 is 12.1 Å². The third-order valence-corrected chi connectivity index (χ3v) is 3.90. The molecule has 21 heavy (non-hydrogen) atoms. The van der Waals surface area contributed by atoms with E-state index in [4.69, 9.17) is 4.74 Å². The van der Waals surface area contributed by atoms with Gasteiger partial charge in [0.2, 0.25) is 0 Å². The van der Waals surface area contributed by atoms with Gasteiger partial charge in [-0.2, -0.15) is 0 Å². The molecule has 1 aliphatic rings. The van der Waals surface area contributed by atoms with Gasteiger partial charge in [-0.3, -0.25) is 4.79 Å². The third kappa shape index (κ3) is 5.56. The molecule has 0 radical (unpaired) electrons. The van der Waals surface area contributed by atoms with Crippen molar-refractivity contribution in [1.82, 2.24) is 5.32 Å². The normalized spacial score (nSPS) is 18.2. The monoisotopic (exact) mass is 299 g/mol. The van der Waals surface area contributed by atoms with Gasteiger partial charge < -0.3 is 15.2 Å². The predicted molar refractivity (Wildman–Crippen MR) is 81.1 cm³/mol. The van der Waals surface area contributed by atoms with Crippen molar-refractivity contribution in [2.24, 2.45) is 17.3 Å². The third-order valence-electron chi connectivity index (χ3n) is 3.90. The van der Waals surface area contributed by atoms with E-state index < -0.39 is 23.1 Å². The van der Waals surface area contributed by atoms with Gasteiger partial charge in [-0.25, -0.2) is 4.79 Å². The number of alkyl carbamates (subject to hydrolysis) is 1. The van der Waals surface area contributed by atoms with Crippen molar-refractivity contribution >= 4 is 12.1 Å². The summed E-state index contributed by atoms with van der Waals surface area (Å²) in [5.41, 5.74) is -1.42. The van der Waals surface area contributed by atoms with Crippen LogP contribution in [0.4, 0.5) is 4.79 Å². The van der Waals surface area contributed by atoms with E-state index in [1.807, 2.05) is 0 Å². The maximum atomic E-state index is 11.8. The van der Waals surface area contributed by atoms with Crippen LogP contribution in [0.2, 0.25) is 0 Å². The van der Waals surface area contributed by atoms with Crippen LogP contribution in [0.1, 0.15) is 60.3 Å². The van der Waals surface area contributed by atoms with Gasteiger partial charge in [0, 0.05) is 6.54 Å². The maximum Gasteiger partial charge on any atom is 0.407 e. The lowest BCUT2D eigenvalue weighted by molar-refractivity contribution is -0.150. The van der Waals surface area contributed by atoms with Crippen molar-refractivity contribution in [2.45, 2.75) is 65.9 Å². The second kappa shape index (κ2) is 6.67. The first-order chi connectivity index (χ1) is 9.57. The molecule has 0 aromatic carbocycles. The van der Waals surface area contributed by atoms with E-state index in [0.29, 0.717) is 12.3 Å². The van der Waals surface area contributed by atoms with Crippen molar-refractivity contribution in [1.29, 1.82) is 0 Å². The molecule has 0 heterocycles. The van der Waals surface area contributed by atoms with Crippen molar-refractivity contribution in [2.75, 3.05) is 6.54 Å². The number of amides is 1. The molecule has 0 aromatic heterocycles. The van der Waals surface area contributed by atoms with Crippen molar-refractivity contribution < 1.29 is 19.4 Å². The van der Waals surface area contributed by atoms with Gasteiger partial charge in [-0.05, 0) is 58.3 Å². The summed E-state index contributed by atoms with van der Waals surface area (Å²) in [6.45, 7) is 9.68. The second-order valence-electron chi connectivity index (χ2n) is 7.52. The van der Waals surface area contributed by atoms with Gasteiger partial charge in [0.1, 0.15) is 5.60 Å². The average Bonchev–Trinajstić information content (AvgIpc) is 3.10. The highest BCUT2D eigenvalue weighted by Crippen LogP contribution is 2.48. The molecule has 1 atom stereocenters. The number of ether oxygens (including phenoxy) is 1. The molecule has 0 bridgehead atoms. The fraction of sp³-hybridized carbons (Fsp3) is 0.875. The van der Waals surface area contributed by atoms with Crippen LogP contribution in [-0.2, 0) is 9.53 Å². The number of aliphatic carboxylic acids is 1. The molecule has 5 heteroatoms. The molecule has 2 N–H and O–H groups in total. The van der Waals surface area contributed by atoms with Gasteiger partial charge in [0.05, 0.1) is 5.41 Å². The highest BCUT2D eigenvalue weighted by molar-refractivity contribution is 5.77. The minimum absolute atomic E-state index is 0.147. The van der Waals surface area contributed by atoms with E-state index in [-0.39, 0.29) is 12.5 Å². The van der Waals surface area contributed by atoms with Crippen LogP contribution in [0, 0.1) is 17.3 Å². The number of carbonyl (C=O) groups excluding carboxylic acids is 1. The van der Waals surface area contributed by atoms with E-state index in [9.17, 15) is 14.7 Å².